The predicted octanol–water partition coefficient (Wildman–Crippen LogP) is 1.87. The summed E-state index contributed by atoms with van der Waals surface area (Å²) in [7, 11) is 0. The van der Waals surface area contributed by atoms with Gasteiger partial charge in [0.15, 0.2) is 0 Å². The molecule has 130 valence electrons. The number of rotatable bonds is 4. The number of nitrogens with zero attached hydrogens (tertiary/aromatic N) is 2. The van der Waals surface area contributed by atoms with E-state index in [-0.39, 0.29) is 23.8 Å². The highest BCUT2D eigenvalue weighted by atomic mass is 35.5. The molecular formula is C17H22ClN3O3. The summed E-state index contributed by atoms with van der Waals surface area (Å²) in [4.78, 5) is 29.8. The lowest BCUT2D eigenvalue weighted by molar-refractivity contribution is -0.123. The molecule has 0 aromatic carbocycles. The number of amides is 2. The van der Waals surface area contributed by atoms with Crippen molar-refractivity contribution in [1.82, 2.24) is 9.88 Å². The first kappa shape index (κ1) is 17.2. The van der Waals surface area contributed by atoms with Gasteiger partial charge in [-0.25, -0.2) is 4.98 Å². The Morgan fingerprint density at radius 2 is 2.04 bits per heavy atom. The van der Waals surface area contributed by atoms with Crippen LogP contribution >= 0.6 is 11.6 Å². The summed E-state index contributed by atoms with van der Waals surface area (Å²) in [5.74, 6) is -0.0312. The van der Waals surface area contributed by atoms with Gasteiger partial charge in [0.25, 0.3) is 5.91 Å². The minimum atomic E-state index is -0.265. The number of hydrogen-bond donors (Lipinski definition) is 1. The average molecular weight is 352 g/mol. The summed E-state index contributed by atoms with van der Waals surface area (Å²) in [6.45, 7) is 2.00. The van der Waals surface area contributed by atoms with Gasteiger partial charge in [0.05, 0.1) is 17.0 Å². The van der Waals surface area contributed by atoms with Crippen molar-refractivity contribution < 1.29 is 14.3 Å². The Hall–Kier alpha value is -1.66. The van der Waals surface area contributed by atoms with E-state index in [1.54, 1.807) is 12.1 Å². The first-order valence-corrected chi connectivity index (χ1v) is 8.74. The number of nitrogens with two attached hydrogens (primary N) is 1. The number of primary amides is 1. The van der Waals surface area contributed by atoms with Gasteiger partial charge >= 0.3 is 0 Å². The van der Waals surface area contributed by atoms with E-state index in [0.29, 0.717) is 36.3 Å². The van der Waals surface area contributed by atoms with E-state index in [9.17, 15) is 9.59 Å². The van der Waals surface area contributed by atoms with Gasteiger partial charge in [0.2, 0.25) is 5.91 Å². The van der Waals surface area contributed by atoms with Crippen LogP contribution in [0, 0.1) is 11.8 Å². The standard InChI is InChI=1S/C17H22ClN3O3/c18-12-1-2-14(20-10-12)17(23)21-6-3-11(4-7-21)9-15-13(16(19)22)5-8-24-15/h1-2,10-11,13,15H,3-9H2,(H2,19,22)/t13-,15-/m1/s1. The van der Waals surface area contributed by atoms with Crippen LogP contribution in [0.5, 0.6) is 0 Å². The number of hydrogen-bond acceptors (Lipinski definition) is 4. The lowest BCUT2D eigenvalue weighted by atomic mass is 9.86. The fourth-order valence-electron chi connectivity index (χ4n) is 3.57. The molecule has 2 aliphatic heterocycles. The van der Waals surface area contributed by atoms with Crippen molar-refractivity contribution in [3.8, 4) is 0 Å². The maximum Gasteiger partial charge on any atom is 0.272 e. The van der Waals surface area contributed by atoms with Crippen molar-refractivity contribution >= 4 is 23.4 Å². The molecule has 2 amide bonds. The minimum Gasteiger partial charge on any atom is -0.377 e. The minimum absolute atomic E-state index is 0.0581. The van der Waals surface area contributed by atoms with Crippen molar-refractivity contribution in [2.45, 2.75) is 31.8 Å². The summed E-state index contributed by atoms with van der Waals surface area (Å²) in [6, 6.07) is 3.33. The van der Waals surface area contributed by atoms with E-state index in [2.05, 4.69) is 4.98 Å². The molecule has 1 aromatic rings. The van der Waals surface area contributed by atoms with E-state index in [0.717, 1.165) is 25.7 Å². The van der Waals surface area contributed by atoms with Crippen LogP contribution < -0.4 is 5.73 Å². The number of ether oxygens (including phenoxy) is 1. The number of likely N-dealkylation sites (tertiary alicyclic amines) is 1. The Morgan fingerprint density at radius 3 is 2.67 bits per heavy atom. The topological polar surface area (TPSA) is 85.5 Å². The van der Waals surface area contributed by atoms with Gasteiger partial charge in [-0.05, 0) is 43.7 Å². The Morgan fingerprint density at radius 1 is 1.29 bits per heavy atom. The second-order valence-electron chi connectivity index (χ2n) is 6.54. The molecule has 0 bridgehead atoms. The summed E-state index contributed by atoms with van der Waals surface area (Å²) in [6.07, 6.45) is 4.81. The molecule has 7 heteroatoms. The van der Waals surface area contributed by atoms with Gasteiger partial charge in [-0.15, -0.1) is 0 Å². The third-order valence-corrected chi connectivity index (χ3v) is 5.21. The molecule has 2 N–H and O–H groups in total. The molecule has 0 radical (unpaired) electrons. The van der Waals surface area contributed by atoms with Gasteiger partial charge in [0, 0.05) is 25.9 Å². The zero-order valence-corrected chi connectivity index (χ0v) is 14.2. The number of carbonyl (C=O) groups is 2. The molecule has 2 fully saturated rings. The quantitative estimate of drug-likeness (QED) is 0.897. The van der Waals surface area contributed by atoms with Crippen molar-refractivity contribution in [3.05, 3.63) is 29.0 Å². The van der Waals surface area contributed by atoms with Crippen LogP contribution in [0.25, 0.3) is 0 Å². The number of pyridine rings is 1. The van der Waals surface area contributed by atoms with Crippen molar-refractivity contribution in [1.29, 1.82) is 0 Å². The number of aromatic nitrogens is 1. The van der Waals surface area contributed by atoms with Crippen LogP contribution in [0.2, 0.25) is 5.02 Å². The smallest absolute Gasteiger partial charge is 0.272 e. The molecule has 2 atom stereocenters. The predicted molar refractivity (Wildman–Crippen MR) is 89.5 cm³/mol. The molecule has 0 spiro atoms. The van der Waals surface area contributed by atoms with E-state index in [1.807, 2.05) is 4.90 Å². The number of piperidine rings is 1. The molecular weight excluding hydrogens is 330 g/mol. The fourth-order valence-corrected chi connectivity index (χ4v) is 3.68. The molecule has 2 saturated heterocycles. The Kier molecular flexibility index (Phi) is 5.36. The molecule has 2 aliphatic rings. The zero-order chi connectivity index (χ0) is 17.1. The highest BCUT2D eigenvalue weighted by molar-refractivity contribution is 6.30. The lowest BCUT2D eigenvalue weighted by Crippen LogP contribution is -2.40. The Bertz CT molecular complexity index is 600. The second-order valence-corrected chi connectivity index (χ2v) is 6.98. The molecule has 6 nitrogen and oxygen atoms in total. The van der Waals surface area contributed by atoms with E-state index in [1.165, 1.54) is 6.20 Å². The van der Waals surface area contributed by atoms with Gasteiger partial charge in [0.1, 0.15) is 5.69 Å². The largest absolute Gasteiger partial charge is 0.377 e. The summed E-state index contributed by atoms with van der Waals surface area (Å²) >= 11 is 5.80. The zero-order valence-electron chi connectivity index (χ0n) is 13.5. The molecule has 0 aliphatic carbocycles. The lowest BCUT2D eigenvalue weighted by Gasteiger charge is -2.33. The van der Waals surface area contributed by atoms with E-state index in [4.69, 9.17) is 22.1 Å². The summed E-state index contributed by atoms with van der Waals surface area (Å²) in [5, 5.41) is 0.519. The van der Waals surface area contributed by atoms with Crippen LogP contribution in [0.15, 0.2) is 18.3 Å². The number of halogens is 1. The average Bonchev–Trinajstić information content (AvgIpc) is 3.04. The first-order chi connectivity index (χ1) is 11.5. The Labute approximate surface area is 146 Å². The number of carbonyl (C=O) groups excluding carboxylic acids is 2. The first-order valence-electron chi connectivity index (χ1n) is 8.36. The Balaban J connectivity index is 1.51. The van der Waals surface area contributed by atoms with Crippen LogP contribution in [-0.2, 0) is 9.53 Å². The molecule has 1 aromatic heterocycles. The van der Waals surface area contributed by atoms with Crippen LogP contribution in [0.1, 0.15) is 36.2 Å². The van der Waals surface area contributed by atoms with Gasteiger partial charge in [-0.3, -0.25) is 9.59 Å². The third-order valence-electron chi connectivity index (χ3n) is 4.99. The fraction of sp³-hybridized carbons (Fsp3) is 0.588. The SMILES string of the molecule is NC(=O)[C@@H]1CCO[C@@H]1CC1CCN(C(=O)c2ccc(Cl)cn2)CC1. The van der Waals surface area contributed by atoms with Crippen molar-refractivity contribution in [2.75, 3.05) is 19.7 Å². The van der Waals surface area contributed by atoms with E-state index < -0.39 is 0 Å². The van der Waals surface area contributed by atoms with Crippen LogP contribution in [-0.4, -0.2) is 47.5 Å². The molecule has 0 unspecified atom stereocenters. The highest BCUT2D eigenvalue weighted by Crippen LogP contribution is 2.30. The molecule has 0 saturated carbocycles. The highest BCUT2D eigenvalue weighted by Gasteiger charge is 2.35. The molecule has 24 heavy (non-hydrogen) atoms. The van der Waals surface area contributed by atoms with Gasteiger partial charge in [-0.1, -0.05) is 11.6 Å². The molecule has 3 rings (SSSR count). The molecule has 3 heterocycles. The van der Waals surface area contributed by atoms with Gasteiger partial charge in [-0.2, -0.15) is 0 Å². The second kappa shape index (κ2) is 7.49. The van der Waals surface area contributed by atoms with Crippen LogP contribution in [0.3, 0.4) is 0 Å². The maximum atomic E-state index is 12.4. The monoisotopic (exact) mass is 351 g/mol. The van der Waals surface area contributed by atoms with Gasteiger partial charge < -0.3 is 15.4 Å². The normalized spacial score (nSPS) is 25.0. The summed E-state index contributed by atoms with van der Waals surface area (Å²) < 4.78 is 5.68. The van der Waals surface area contributed by atoms with Crippen LogP contribution in [0.4, 0.5) is 0 Å². The summed E-state index contributed by atoms with van der Waals surface area (Å²) in [5.41, 5.74) is 5.86. The van der Waals surface area contributed by atoms with E-state index >= 15 is 0 Å². The third kappa shape index (κ3) is 3.87. The maximum absolute atomic E-state index is 12.4. The van der Waals surface area contributed by atoms with Crippen molar-refractivity contribution in [3.63, 3.8) is 0 Å². The van der Waals surface area contributed by atoms with Crippen molar-refractivity contribution in [2.24, 2.45) is 17.6 Å².